The van der Waals surface area contributed by atoms with Crippen molar-refractivity contribution in [1.82, 2.24) is 10.2 Å². The van der Waals surface area contributed by atoms with Crippen LogP contribution in [0.4, 0.5) is 0 Å². The molecule has 0 aromatic carbocycles. The number of amides is 1. The van der Waals surface area contributed by atoms with Gasteiger partial charge in [0, 0.05) is 13.1 Å². The third kappa shape index (κ3) is 3.37. The lowest BCUT2D eigenvalue weighted by atomic mass is 9.97. The van der Waals surface area contributed by atoms with Crippen LogP contribution in [0.15, 0.2) is 11.4 Å². The molecule has 1 aliphatic heterocycles. The van der Waals surface area contributed by atoms with Gasteiger partial charge in [-0.2, -0.15) is 0 Å². The summed E-state index contributed by atoms with van der Waals surface area (Å²) in [6.45, 7) is 7.12. The van der Waals surface area contributed by atoms with Crippen LogP contribution in [0.2, 0.25) is 0 Å². The van der Waals surface area contributed by atoms with Crippen LogP contribution in [0.3, 0.4) is 0 Å². The number of hydrogen-bond donors (Lipinski definition) is 1. The number of thiophene rings is 1. The van der Waals surface area contributed by atoms with Gasteiger partial charge in [-0.3, -0.25) is 4.79 Å². The monoisotopic (exact) mass is 280 g/mol. The summed E-state index contributed by atoms with van der Waals surface area (Å²) in [5.74, 6) is 1.26. The Morgan fingerprint density at radius 3 is 3.05 bits per heavy atom. The second kappa shape index (κ2) is 6.53. The third-order valence-corrected chi connectivity index (χ3v) is 4.73. The molecular weight excluding hydrogens is 256 g/mol. The van der Waals surface area contributed by atoms with E-state index in [-0.39, 0.29) is 5.91 Å². The molecule has 1 N–H and O–H groups in total. The van der Waals surface area contributed by atoms with Crippen molar-refractivity contribution in [2.24, 2.45) is 5.92 Å². The van der Waals surface area contributed by atoms with Gasteiger partial charge in [0.15, 0.2) is 0 Å². The van der Waals surface area contributed by atoms with E-state index in [1.807, 2.05) is 17.3 Å². The molecule has 106 valence electrons. The summed E-state index contributed by atoms with van der Waals surface area (Å²) < 4.78 is 0. The van der Waals surface area contributed by atoms with Gasteiger partial charge in [-0.25, -0.2) is 0 Å². The SMILES string of the molecule is CNCC1CCCN(C(=O)c2sccc2C(C)C)C1. The molecule has 1 aromatic rings. The van der Waals surface area contributed by atoms with Crippen LogP contribution in [-0.2, 0) is 0 Å². The van der Waals surface area contributed by atoms with Crippen molar-refractivity contribution in [3.05, 3.63) is 21.9 Å². The van der Waals surface area contributed by atoms with Gasteiger partial charge in [0.1, 0.15) is 0 Å². The minimum atomic E-state index is 0.236. The van der Waals surface area contributed by atoms with Gasteiger partial charge in [-0.05, 0) is 55.3 Å². The van der Waals surface area contributed by atoms with Gasteiger partial charge in [0.25, 0.3) is 5.91 Å². The van der Waals surface area contributed by atoms with E-state index in [9.17, 15) is 4.79 Å². The standard InChI is InChI=1S/C15H24N2OS/c1-11(2)13-6-8-19-14(13)15(18)17-7-4-5-12(10-17)9-16-3/h6,8,11-12,16H,4-5,7,9-10H2,1-3H3. The number of carbonyl (C=O) groups excluding carboxylic acids is 1. The average Bonchev–Trinajstić information content (AvgIpc) is 2.88. The van der Waals surface area contributed by atoms with Gasteiger partial charge < -0.3 is 10.2 Å². The Hall–Kier alpha value is -0.870. The number of nitrogens with one attached hydrogen (secondary N) is 1. The minimum Gasteiger partial charge on any atom is -0.338 e. The fraction of sp³-hybridized carbons (Fsp3) is 0.667. The quantitative estimate of drug-likeness (QED) is 0.919. The third-order valence-electron chi connectivity index (χ3n) is 3.81. The van der Waals surface area contributed by atoms with Crippen LogP contribution in [0, 0.1) is 5.92 Å². The zero-order valence-corrected chi connectivity index (χ0v) is 12.9. The van der Waals surface area contributed by atoms with Crippen molar-refractivity contribution in [2.75, 3.05) is 26.7 Å². The molecule has 0 bridgehead atoms. The van der Waals surface area contributed by atoms with Crippen LogP contribution in [0.5, 0.6) is 0 Å². The van der Waals surface area contributed by atoms with E-state index in [2.05, 4.69) is 25.2 Å². The van der Waals surface area contributed by atoms with Crippen LogP contribution < -0.4 is 5.32 Å². The molecular formula is C15H24N2OS. The lowest BCUT2D eigenvalue weighted by molar-refractivity contribution is 0.0678. The summed E-state index contributed by atoms with van der Waals surface area (Å²) in [5, 5.41) is 5.27. The highest BCUT2D eigenvalue weighted by Crippen LogP contribution is 2.27. The molecule has 4 heteroatoms. The molecule has 1 fully saturated rings. The van der Waals surface area contributed by atoms with Crippen molar-refractivity contribution < 1.29 is 4.79 Å². The number of likely N-dealkylation sites (tertiary alicyclic amines) is 1. The zero-order valence-electron chi connectivity index (χ0n) is 12.1. The van der Waals surface area contributed by atoms with Gasteiger partial charge >= 0.3 is 0 Å². The molecule has 1 aliphatic rings. The molecule has 2 rings (SSSR count). The molecule has 0 aliphatic carbocycles. The van der Waals surface area contributed by atoms with E-state index >= 15 is 0 Å². The van der Waals surface area contributed by atoms with Crippen LogP contribution >= 0.6 is 11.3 Å². The average molecular weight is 280 g/mol. The first-order valence-electron chi connectivity index (χ1n) is 7.14. The van der Waals surface area contributed by atoms with E-state index in [0.717, 1.165) is 30.9 Å². The topological polar surface area (TPSA) is 32.3 Å². The Balaban J connectivity index is 2.08. The maximum atomic E-state index is 12.7. The molecule has 0 radical (unpaired) electrons. The van der Waals surface area contributed by atoms with Crippen LogP contribution in [0.1, 0.15) is 47.8 Å². The van der Waals surface area contributed by atoms with E-state index in [0.29, 0.717) is 11.8 Å². The Morgan fingerprint density at radius 1 is 1.58 bits per heavy atom. The first kappa shape index (κ1) is 14.5. The number of piperidine rings is 1. The maximum Gasteiger partial charge on any atom is 0.264 e. The molecule has 0 spiro atoms. The summed E-state index contributed by atoms with van der Waals surface area (Å²) in [6.07, 6.45) is 2.35. The summed E-state index contributed by atoms with van der Waals surface area (Å²) >= 11 is 1.59. The molecule has 3 nitrogen and oxygen atoms in total. The van der Waals surface area contributed by atoms with E-state index in [1.165, 1.54) is 12.0 Å². The van der Waals surface area contributed by atoms with Gasteiger partial charge in [-0.15, -0.1) is 11.3 Å². The molecule has 2 heterocycles. The molecule has 1 atom stereocenters. The van der Waals surface area contributed by atoms with Gasteiger partial charge in [0.2, 0.25) is 0 Å². The van der Waals surface area contributed by atoms with E-state index in [1.54, 1.807) is 11.3 Å². The first-order valence-corrected chi connectivity index (χ1v) is 8.02. The lowest BCUT2D eigenvalue weighted by Crippen LogP contribution is -2.42. The Morgan fingerprint density at radius 2 is 2.37 bits per heavy atom. The van der Waals surface area contributed by atoms with Crippen molar-refractivity contribution in [2.45, 2.75) is 32.6 Å². The highest BCUT2D eigenvalue weighted by molar-refractivity contribution is 7.12. The molecule has 1 unspecified atom stereocenters. The molecule has 1 saturated heterocycles. The molecule has 19 heavy (non-hydrogen) atoms. The number of rotatable bonds is 4. The highest BCUT2D eigenvalue weighted by Gasteiger charge is 2.26. The van der Waals surface area contributed by atoms with Gasteiger partial charge in [0.05, 0.1) is 4.88 Å². The predicted molar refractivity (Wildman–Crippen MR) is 81.0 cm³/mol. The number of carbonyl (C=O) groups is 1. The summed E-state index contributed by atoms with van der Waals surface area (Å²) in [6, 6.07) is 2.09. The van der Waals surface area contributed by atoms with E-state index < -0.39 is 0 Å². The smallest absolute Gasteiger partial charge is 0.264 e. The normalized spacial score (nSPS) is 20.0. The second-order valence-corrected chi connectivity index (χ2v) is 6.59. The first-order chi connectivity index (χ1) is 9.13. The summed E-state index contributed by atoms with van der Waals surface area (Å²) in [4.78, 5) is 15.6. The summed E-state index contributed by atoms with van der Waals surface area (Å²) in [5.41, 5.74) is 1.20. The van der Waals surface area contributed by atoms with Crippen molar-refractivity contribution in [1.29, 1.82) is 0 Å². The second-order valence-electron chi connectivity index (χ2n) is 5.68. The van der Waals surface area contributed by atoms with Crippen LogP contribution in [-0.4, -0.2) is 37.5 Å². The minimum absolute atomic E-state index is 0.236. The Labute approximate surface area is 120 Å². The fourth-order valence-corrected chi connectivity index (χ4v) is 3.82. The Kier molecular flexibility index (Phi) is 4.99. The predicted octanol–water partition coefficient (Wildman–Crippen LogP) is 2.94. The van der Waals surface area contributed by atoms with Crippen molar-refractivity contribution >= 4 is 17.2 Å². The molecule has 0 saturated carbocycles. The number of hydrogen-bond acceptors (Lipinski definition) is 3. The maximum absolute atomic E-state index is 12.7. The van der Waals surface area contributed by atoms with Gasteiger partial charge in [-0.1, -0.05) is 13.8 Å². The Bertz CT molecular complexity index is 426. The largest absolute Gasteiger partial charge is 0.338 e. The highest BCUT2D eigenvalue weighted by atomic mass is 32.1. The molecule has 1 amide bonds. The van der Waals surface area contributed by atoms with Crippen molar-refractivity contribution in [3.8, 4) is 0 Å². The fourth-order valence-electron chi connectivity index (χ4n) is 2.80. The van der Waals surface area contributed by atoms with Crippen LogP contribution in [0.25, 0.3) is 0 Å². The molecule has 1 aromatic heterocycles. The van der Waals surface area contributed by atoms with E-state index in [4.69, 9.17) is 0 Å². The zero-order chi connectivity index (χ0) is 13.8. The summed E-state index contributed by atoms with van der Waals surface area (Å²) in [7, 11) is 1.98. The lowest BCUT2D eigenvalue weighted by Gasteiger charge is -2.32. The number of nitrogens with zero attached hydrogens (tertiary/aromatic N) is 1. The van der Waals surface area contributed by atoms with Crippen molar-refractivity contribution in [3.63, 3.8) is 0 Å².